The topological polar surface area (TPSA) is 122 Å². The Hall–Kier alpha value is -3.52. The number of hydrogen-bond donors (Lipinski definition) is 3. The van der Waals surface area contributed by atoms with E-state index in [9.17, 15) is 26.3 Å². The Morgan fingerprint density at radius 1 is 0.687 bits per heavy atom. The van der Waals surface area contributed by atoms with E-state index in [1.807, 2.05) is 57.7 Å². The molecule has 6 rings (SSSR count). The second kappa shape index (κ2) is 60.2. The van der Waals surface area contributed by atoms with Crippen molar-refractivity contribution in [1.29, 1.82) is 5.26 Å². The lowest BCUT2D eigenvalue weighted by molar-refractivity contribution is -0.164. The van der Waals surface area contributed by atoms with E-state index in [1.165, 1.54) is 83.2 Å². The summed E-state index contributed by atoms with van der Waals surface area (Å²) in [6, 6.07) is 13.3. The molecule has 0 atom stereocenters. The van der Waals surface area contributed by atoms with Crippen LogP contribution < -0.4 is 5.32 Å². The van der Waals surface area contributed by atoms with Gasteiger partial charge in [-0.25, -0.2) is 23.1 Å². The van der Waals surface area contributed by atoms with Gasteiger partial charge in [-0.15, -0.1) is 22.9 Å². The zero-order valence-corrected chi connectivity index (χ0v) is 59.2. The predicted molar refractivity (Wildman–Crippen MR) is 352 cm³/mol. The van der Waals surface area contributed by atoms with Gasteiger partial charge in [0.25, 0.3) is 0 Å². The van der Waals surface area contributed by atoms with Gasteiger partial charge in [-0.1, -0.05) is 175 Å². The molecule has 1 aromatic carbocycles. The zero-order chi connectivity index (χ0) is 66.4. The van der Waals surface area contributed by atoms with Gasteiger partial charge in [-0.3, -0.25) is 15.1 Å². The average molecular weight is 1230 g/mol. The van der Waals surface area contributed by atoms with E-state index in [1.54, 1.807) is 11.3 Å². The smallest absolute Gasteiger partial charge is 0.314 e. The van der Waals surface area contributed by atoms with Crippen LogP contribution in [0.1, 0.15) is 259 Å². The van der Waals surface area contributed by atoms with Gasteiger partial charge < -0.3 is 5.32 Å². The van der Waals surface area contributed by atoms with Crippen LogP contribution in [0.2, 0.25) is 0 Å². The first-order valence-electron chi connectivity index (χ1n) is 30.4. The summed E-state index contributed by atoms with van der Waals surface area (Å²) < 4.78 is 66.8. The van der Waals surface area contributed by atoms with Crippen molar-refractivity contribution in [2.45, 2.75) is 267 Å². The number of H-pyrrole nitrogens is 2. The summed E-state index contributed by atoms with van der Waals surface area (Å²) >= 11 is 6.93. The summed E-state index contributed by atoms with van der Waals surface area (Å²) in [5.41, 5.74) is 5.76. The molecule has 0 spiro atoms. The fourth-order valence-corrected chi connectivity index (χ4v) is 5.09. The number of benzene rings is 1. The second-order valence-corrected chi connectivity index (χ2v) is 26.0. The third-order valence-electron chi connectivity index (χ3n) is 10.4. The summed E-state index contributed by atoms with van der Waals surface area (Å²) in [5.74, 6) is 5.53. The third kappa shape index (κ3) is 82.8. The molecule has 9 nitrogen and oxygen atoms in total. The van der Waals surface area contributed by atoms with E-state index in [4.69, 9.17) is 16.9 Å². The highest BCUT2D eigenvalue weighted by molar-refractivity contribution is 7.07. The van der Waals surface area contributed by atoms with E-state index in [2.05, 4.69) is 195 Å². The quantitative estimate of drug-likeness (QED) is 0.119. The van der Waals surface area contributed by atoms with Crippen molar-refractivity contribution in [3.05, 3.63) is 82.6 Å². The molecule has 3 aromatic heterocycles. The summed E-state index contributed by atoms with van der Waals surface area (Å²) in [7, 11) is 0. The molecule has 1 saturated heterocycles. The molecule has 1 aliphatic carbocycles. The Balaban J connectivity index is -0.000000152. The van der Waals surface area contributed by atoms with E-state index < -0.39 is 30.6 Å². The van der Waals surface area contributed by atoms with E-state index >= 15 is 0 Å². The molecule has 17 heteroatoms. The number of nitrogens with one attached hydrogen (secondary N) is 3. The lowest BCUT2D eigenvalue weighted by Crippen LogP contribution is -2.46. The van der Waals surface area contributed by atoms with E-state index in [0.29, 0.717) is 29.0 Å². The van der Waals surface area contributed by atoms with Crippen LogP contribution in [0.5, 0.6) is 0 Å². The number of hydrogen-bond acceptors (Lipinski definition) is 8. The van der Waals surface area contributed by atoms with Crippen molar-refractivity contribution in [3.8, 4) is 6.07 Å². The zero-order valence-electron chi connectivity index (χ0n) is 57.6. The summed E-state index contributed by atoms with van der Waals surface area (Å²) in [6.07, 6.45) is 2.78. The highest BCUT2D eigenvalue weighted by Gasteiger charge is 2.31. The lowest BCUT2D eigenvalue weighted by Gasteiger charge is -2.30. The first kappa shape index (κ1) is 93.2. The van der Waals surface area contributed by atoms with Crippen LogP contribution in [0.15, 0.2) is 59.9 Å². The molecule has 4 heterocycles. The maximum absolute atomic E-state index is 11.2. The number of nitrogens with zero attached hydrogens (tertiary/aromatic N) is 6. The Labute approximate surface area is 516 Å². The minimum absolute atomic E-state index is 0.190. The SMILES string of the molecule is CC(C)C.CC(C)C#N.CC(C)C(F)(F)F.CC(C)C(F)F.CC(C)C1CC1.CC(C)Cl.CC(C)F.CC(C)N1CCNCC1.CC(C)c1ccccc1.CC(C)c1cn[nH]c1.CC(C)c1cscn1.CC(C)c1ncn[nH]1.CCC(C)C. The second-order valence-electron chi connectivity index (χ2n) is 24.4. The molecule has 0 bridgehead atoms. The molecule has 2 fully saturated rings. The van der Waals surface area contributed by atoms with Crippen molar-refractivity contribution in [2.75, 3.05) is 26.2 Å². The highest BCUT2D eigenvalue weighted by atomic mass is 35.5. The maximum atomic E-state index is 11.2. The standard InChI is InChI=1S/C9H12.C7H16N2.C6H10N2.C6H9NS.C6H12.C5H9N3.C5H12.C4H7F3.C4H8F2.C4H7N.C4H10.C3H7Cl.C3H7F/c1-8(2)9-6-4-3-5-7-9;1-7(2)9-5-3-8-4-6-9;1-5(2)6-3-7-8-4-6;1-5(2)6-3-8-4-7-6;1-5(2)6-3-4-6;1-4(2)5-6-3-7-8-5;1-4-5(2)3;1-3(2)4(5,6)7;1-3(2)4(5)6;1-4(2)3-5;1-4(2)3;2*1-3(2)4/h3-8H,1-2H3;7-8H,3-6H2,1-2H3;3-5H,1-2H3,(H,7,8);3-5H,1-2H3;5-6H,3-4H2,1-2H3;3-4H,1-2H3,(H,6,7,8);5H,4H2,1-3H3;3H,1-2H3;3-4H,1-2H3;4H,1-2H3;4H,1-3H3;2*3H,1-2H3. The minimum atomic E-state index is -4.00. The van der Waals surface area contributed by atoms with Crippen LogP contribution >= 0.6 is 22.9 Å². The van der Waals surface area contributed by atoms with Crippen molar-refractivity contribution >= 4 is 22.9 Å². The molecule has 83 heavy (non-hydrogen) atoms. The maximum Gasteiger partial charge on any atom is 0.391 e. The molecule has 4 aromatic rings. The van der Waals surface area contributed by atoms with E-state index in [-0.39, 0.29) is 5.92 Å². The molecule has 0 unspecified atom stereocenters. The van der Waals surface area contributed by atoms with Gasteiger partial charge in [0.2, 0.25) is 6.43 Å². The van der Waals surface area contributed by atoms with Gasteiger partial charge in [0.15, 0.2) is 0 Å². The fraction of sp³-hybridized carbons (Fsp3) is 0.773. The molecule has 1 saturated carbocycles. The first-order valence-corrected chi connectivity index (χ1v) is 31.8. The van der Waals surface area contributed by atoms with Gasteiger partial charge in [-0.2, -0.15) is 28.6 Å². The van der Waals surface area contributed by atoms with Crippen LogP contribution in [0.25, 0.3) is 0 Å². The molecule has 2 aliphatic rings. The van der Waals surface area contributed by atoms with Crippen LogP contribution in [-0.2, 0) is 0 Å². The number of nitriles is 1. The van der Waals surface area contributed by atoms with Crippen LogP contribution in [0, 0.1) is 52.8 Å². The van der Waals surface area contributed by atoms with Crippen molar-refractivity contribution < 1.29 is 26.3 Å². The number of thiazole rings is 1. The van der Waals surface area contributed by atoms with Crippen LogP contribution in [-0.4, -0.2) is 91.6 Å². The fourth-order valence-electron chi connectivity index (χ4n) is 4.38. The number of aromatic amines is 2. The van der Waals surface area contributed by atoms with E-state index in [0.717, 1.165) is 62.5 Å². The Morgan fingerprint density at radius 3 is 1.24 bits per heavy atom. The predicted octanol–water partition coefficient (Wildman–Crippen LogP) is 21.9. The summed E-state index contributed by atoms with van der Waals surface area (Å²) in [4.78, 5) is 10.6. The van der Waals surface area contributed by atoms with Crippen LogP contribution in [0.4, 0.5) is 26.3 Å². The lowest BCUT2D eigenvalue weighted by atomic mass is 10.0. The molecule has 1 aliphatic heterocycles. The largest absolute Gasteiger partial charge is 0.391 e. The first-order chi connectivity index (χ1) is 38.1. The molecular weight excluding hydrogens is 1100 g/mol. The molecule has 490 valence electrons. The number of alkyl halides is 7. The van der Waals surface area contributed by atoms with Gasteiger partial charge in [0.05, 0.1) is 29.6 Å². The van der Waals surface area contributed by atoms with Crippen molar-refractivity contribution in [1.82, 2.24) is 40.6 Å². The van der Waals surface area contributed by atoms with Gasteiger partial charge in [-0.05, 0) is 121 Å². The normalized spacial score (nSPS) is 12.4. The average Bonchev–Trinajstić information content (AvgIpc) is 3.77. The Morgan fingerprint density at radius 2 is 1.10 bits per heavy atom. The van der Waals surface area contributed by atoms with Crippen molar-refractivity contribution in [3.63, 3.8) is 0 Å². The monoisotopic (exact) mass is 1230 g/mol. The Bertz CT molecular complexity index is 1710. The highest BCUT2D eigenvalue weighted by Crippen LogP contribution is 2.35. The number of halogens is 7. The summed E-state index contributed by atoms with van der Waals surface area (Å²) in [5, 5.41) is 26.7. The summed E-state index contributed by atoms with van der Waals surface area (Å²) in [6.45, 7) is 60.0. The molecule has 3 N–H and O–H groups in total. The van der Waals surface area contributed by atoms with Gasteiger partial charge in [0, 0.05) is 72.8 Å². The van der Waals surface area contributed by atoms with Crippen molar-refractivity contribution in [2.24, 2.45) is 41.4 Å². The van der Waals surface area contributed by atoms with Crippen LogP contribution in [0.3, 0.4) is 0 Å². The molecule has 0 amide bonds. The Kier molecular flexibility index (Phi) is 67.6. The number of piperazine rings is 1. The minimum Gasteiger partial charge on any atom is -0.314 e. The van der Waals surface area contributed by atoms with Gasteiger partial charge in [0.1, 0.15) is 12.2 Å². The van der Waals surface area contributed by atoms with Gasteiger partial charge >= 0.3 is 6.18 Å². The number of aromatic nitrogens is 6. The third-order valence-corrected chi connectivity index (χ3v) is 11.0. The molecule has 0 radical (unpaired) electrons. The number of rotatable bonds is 8. The molecular formula is C66H126ClF6N9S.